The highest BCUT2D eigenvalue weighted by atomic mass is 31.1. The van der Waals surface area contributed by atoms with Crippen LogP contribution in [0.15, 0.2) is 66.7 Å². The normalized spacial score (nSPS) is 12.7. The van der Waals surface area contributed by atoms with Crippen LogP contribution < -0.4 is 10.0 Å². The summed E-state index contributed by atoms with van der Waals surface area (Å²) in [6.45, 7) is 4.56. The molecule has 1 aliphatic rings. The van der Waals surface area contributed by atoms with Gasteiger partial charge in [0.1, 0.15) is 5.75 Å². The van der Waals surface area contributed by atoms with Gasteiger partial charge in [-0.2, -0.15) is 0 Å². The van der Waals surface area contributed by atoms with E-state index in [9.17, 15) is 0 Å². The van der Waals surface area contributed by atoms with Gasteiger partial charge in [-0.05, 0) is 35.3 Å². The summed E-state index contributed by atoms with van der Waals surface area (Å²) in [5, 5.41) is 1.55. The third-order valence-corrected chi connectivity index (χ3v) is 6.33. The summed E-state index contributed by atoms with van der Waals surface area (Å²) in [5.41, 5.74) is 1.35. The van der Waals surface area contributed by atoms with E-state index in [0.29, 0.717) is 5.92 Å². The van der Waals surface area contributed by atoms with E-state index >= 15 is 0 Å². The van der Waals surface area contributed by atoms with Gasteiger partial charge in [0.2, 0.25) is 0 Å². The van der Waals surface area contributed by atoms with Gasteiger partial charge in [0.05, 0.1) is 7.11 Å². The highest BCUT2D eigenvalue weighted by molar-refractivity contribution is 7.65. The Balaban J connectivity index is 0.000000160. The van der Waals surface area contributed by atoms with Crippen LogP contribution in [-0.4, -0.2) is 19.4 Å². The average molecular weight is 312 g/mol. The molecule has 22 heavy (non-hydrogen) atoms. The van der Waals surface area contributed by atoms with Gasteiger partial charge < -0.3 is 4.74 Å². The van der Waals surface area contributed by atoms with Crippen molar-refractivity contribution in [3.05, 3.63) is 72.3 Å². The first-order chi connectivity index (χ1) is 10.8. The SMILES string of the molecule is CCP(CC)c1ccccc1.COc1ccc(C2C=C2)cc1. The van der Waals surface area contributed by atoms with Gasteiger partial charge in [-0.1, -0.05) is 76.4 Å². The molecule has 2 aromatic carbocycles. The fourth-order valence-electron chi connectivity index (χ4n) is 2.33. The molecule has 2 heteroatoms. The molecule has 0 aliphatic heterocycles. The van der Waals surface area contributed by atoms with Crippen molar-refractivity contribution in [1.29, 1.82) is 0 Å². The maximum atomic E-state index is 5.05. The monoisotopic (exact) mass is 312 g/mol. The number of rotatable bonds is 5. The second-order valence-corrected chi connectivity index (χ2v) is 8.05. The standard InChI is InChI=1S/C10H10O.C10H15P/c1-11-10-6-4-9(5-7-10)8-2-3-8;1-3-11(4-2)10-8-6-5-7-9-10/h2-8H,1H3;5-9H,3-4H2,1-2H3. The fourth-order valence-corrected chi connectivity index (χ4v) is 4.10. The highest BCUT2D eigenvalue weighted by Gasteiger charge is 2.12. The lowest BCUT2D eigenvalue weighted by Crippen LogP contribution is -2.02. The number of hydrogen-bond donors (Lipinski definition) is 0. The molecule has 1 nitrogen and oxygen atoms in total. The second kappa shape index (κ2) is 8.76. The maximum absolute atomic E-state index is 5.05. The van der Waals surface area contributed by atoms with Crippen molar-refractivity contribution in [2.75, 3.05) is 19.4 Å². The quantitative estimate of drug-likeness (QED) is 0.546. The van der Waals surface area contributed by atoms with Gasteiger partial charge in [0.25, 0.3) is 0 Å². The molecule has 0 N–H and O–H groups in total. The van der Waals surface area contributed by atoms with E-state index < -0.39 is 0 Å². The number of methoxy groups -OCH3 is 1. The molecular formula is C20H25OP. The first-order valence-corrected chi connectivity index (χ1v) is 9.62. The van der Waals surface area contributed by atoms with Crippen LogP contribution >= 0.6 is 7.92 Å². The minimum Gasteiger partial charge on any atom is -0.497 e. The third-order valence-electron chi connectivity index (χ3n) is 3.77. The molecule has 1 aliphatic carbocycles. The van der Waals surface area contributed by atoms with Crippen LogP contribution in [0.1, 0.15) is 25.3 Å². The van der Waals surface area contributed by atoms with E-state index in [1.54, 1.807) is 12.4 Å². The zero-order valence-electron chi connectivity index (χ0n) is 13.7. The van der Waals surface area contributed by atoms with Gasteiger partial charge in [-0.15, -0.1) is 0 Å². The number of hydrogen-bond acceptors (Lipinski definition) is 1. The molecule has 116 valence electrons. The number of allylic oxidation sites excluding steroid dienone is 2. The molecule has 0 spiro atoms. The maximum Gasteiger partial charge on any atom is 0.118 e. The molecule has 0 heterocycles. The van der Waals surface area contributed by atoms with Gasteiger partial charge in [0.15, 0.2) is 0 Å². The Bertz CT molecular complexity index is 564. The first kappa shape index (κ1) is 16.8. The zero-order chi connectivity index (χ0) is 15.8. The van der Waals surface area contributed by atoms with E-state index in [1.165, 1.54) is 17.9 Å². The summed E-state index contributed by atoms with van der Waals surface area (Å²) in [7, 11) is 1.83. The molecule has 0 atom stereocenters. The largest absolute Gasteiger partial charge is 0.497 e. The Kier molecular flexibility index (Phi) is 6.68. The van der Waals surface area contributed by atoms with Gasteiger partial charge >= 0.3 is 0 Å². The van der Waals surface area contributed by atoms with Crippen molar-refractivity contribution < 1.29 is 4.74 Å². The lowest BCUT2D eigenvalue weighted by Gasteiger charge is -2.12. The van der Waals surface area contributed by atoms with E-state index in [1.807, 2.05) is 12.1 Å². The summed E-state index contributed by atoms with van der Waals surface area (Å²) >= 11 is 0. The van der Waals surface area contributed by atoms with Gasteiger partial charge in [0, 0.05) is 5.92 Å². The van der Waals surface area contributed by atoms with Crippen molar-refractivity contribution in [3.8, 4) is 5.75 Å². The minimum atomic E-state index is 0.149. The predicted molar refractivity (Wildman–Crippen MR) is 99.0 cm³/mol. The second-order valence-electron chi connectivity index (χ2n) is 5.19. The molecule has 2 aromatic rings. The smallest absolute Gasteiger partial charge is 0.118 e. The van der Waals surface area contributed by atoms with Crippen molar-refractivity contribution in [1.82, 2.24) is 0 Å². The predicted octanol–water partition coefficient (Wildman–Crippen LogP) is 5.18. The third kappa shape index (κ3) is 5.00. The van der Waals surface area contributed by atoms with Crippen molar-refractivity contribution >= 4 is 13.2 Å². The molecule has 0 bridgehead atoms. The highest BCUT2D eigenvalue weighted by Crippen LogP contribution is 2.32. The van der Waals surface area contributed by atoms with Crippen LogP contribution in [0, 0.1) is 0 Å². The molecule has 0 radical (unpaired) electrons. The summed E-state index contributed by atoms with van der Waals surface area (Å²) in [6, 6.07) is 19.0. The van der Waals surface area contributed by atoms with Gasteiger partial charge in [-0.3, -0.25) is 0 Å². The molecular weight excluding hydrogens is 287 g/mol. The van der Waals surface area contributed by atoms with Crippen LogP contribution in [-0.2, 0) is 0 Å². The van der Waals surface area contributed by atoms with Crippen LogP contribution in [0.3, 0.4) is 0 Å². The van der Waals surface area contributed by atoms with E-state index in [0.717, 1.165) is 5.75 Å². The zero-order valence-corrected chi connectivity index (χ0v) is 14.6. The van der Waals surface area contributed by atoms with Crippen molar-refractivity contribution in [2.24, 2.45) is 0 Å². The Hall–Kier alpha value is -1.59. The molecule has 0 aromatic heterocycles. The van der Waals surface area contributed by atoms with Crippen LogP contribution in [0.25, 0.3) is 0 Å². The van der Waals surface area contributed by atoms with Gasteiger partial charge in [-0.25, -0.2) is 0 Å². The molecule has 3 rings (SSSR count). The lowest BCUT2D eigenvalue weighted by molar-refractivity contribution is 0.414. The first-order valence-electron chi connectivity index (χ1n) is 7.90. The number of benzene rings is 2. The summed E-state index contributed by atoms with van der Waals surface area (Å²) in [6.07, 6.45) is 7.00. The Morgan fingerprint density at radius 1 is 0.864 bits per heavy atom. The number of ether oxygens (including phenoxy) is 1. The van der Waals surface area contributed by atoms with E-state index in [-0.39, 0.29) is 7.92 Å². The summed E-state index contributed by atoms with van der Waals surface area (Å²) < 4.78 is 5.05. The molecule has 0 fully saturated rings. The lowest BCUT2D eigenvalue weighted by atomic mass is 10.1. The fraction of sp³-hybridized carbons (Fsp3) is 0.300. The molecule has 0 saturated carbocycles. The average Bonchev–Trinajstić information content (AvgIpc) is 3.43. The summed E-state index contributed by atoms with van der Waals surface area (Å²) in [5.74, 6) is 1.52. The van der Waals surface area contributed by atoms with E-state index in [2.05, 4.69) is 68.5 Å². The van der Waals surface area contributed by atoms with Crippen LogP contribution in [0.2, 0.25) is 0 Å². The van der Waals surface area contributed by atoms with Crippen molar-refractivity contribution in [3.63, 3.8) is 0 Å². The Labute approximate surface area is 135 Å². The Morgan fingerprint density at radius 3 is 1.91 bits per heavy atom. The minimum absolute atomic E-state index is 0.149. The van der Waals surface area contributed by atoms with Crippen molar-refractivity contribution in [2.45, 2.75) is 19.8 Å². The van der Waals surface area contributed by atoms with Crippen LogP contribution in [0.4, 0.5) is 0 Å². The summed E-state index contributed by atoms with van der Waals surface area (Å²) in [4.78, 5) is 0. The molecule has 0 saturated heterocycles. The topological polar surface area (TPSA) is 9.23 Å². The molecule has 0 amide bonds. The molecule has 0 unspecified atom stereocenters. The van der Waals surface area contributed by atoms with Crippen LogP contribution in [0.5, 0.6) is 5.75 Å². The Morgan fingerprint density at radius 2 is 1.45 bits per heavy atom. The van der Waals surface area contributed by atoms with E-state index in [4.69, 9.17) is 4.74 Å².